The lowest BCUT2D eigenvalue weighted by atomic mass is 10.1. The van der Waals surface area contributed by atoms with Crippen LogP contribution in [0.2, 0.25) is 5.02 Å². The zero-order valence-electron chi connectivity index (χ0n) is 13.8. The van der Waals surface area contributed by atoms with Gasteiger partial charge in [0.2, 0.25) is 0 Å². The molecule has 3 aromatic rings. The molecule has 0 spiro atoms. The van der Waals surface area contributed by atoms with Gasteiger partial charge in [0.25, 0.3) is 5.91 Å². The fourth-order valence-electron chi connectivity index (χ4n) is 2.81. The molecule has 0 amide bonds. The number of aromatic nitrogens is 1. The van der Waals surface area contributed by atoms with E-state index >= 15 is 0 Å². The van der Waals surface area contributed by atoms with Crippen LogP contribution in [-0.4, -0.2) is 30.2 Å². The molecule has 0 saturated carbocycles. The Morgan fingerprint density at radius 1 is 1.08 bits per heavy atom. The fourth-order valence-corrected chi connectivity index (χ4v) is 3.00. The number of carbonyl (C=O) groups is 2. The standard InChI is InChI=1S/C19H16ClNO4/c1-12-18(19(23)24-2)13-7-3-5-9-15(13)21(12)17(22)11-25-16-10-6-4-8-14(16)20/h3-10H,11H2,1-2H3. The molecule has 0 aliphatic rings. The van der Waals surface area contributed by atoms with E-state index in [1.165, 1.54) is 11.7 Å². The van der Waals surface area contributed by atoms with Gasteiger partial charge in [0.15, 0.2) is 6.61 Å². The Balaban J connectivity index is 1.98. The van der Waals surface area contributed by atoms with Crippen molar-refractivity contribution in [2.75, 3.05) is 13.7 Å². The Kier molecular flexibility index (Phi) is 4.76. The van der Waals surface area contributed by atoms with E-state index in [1.807, 2.05) is 12.1 Å². The molecule has 0 aliphatic carbocycles. The van der Waals surface area contributed by atoms with Crippen LogP contribution in [0, 0.1) is 6.92 Å². The lowest BCUT2D eigenvalue weighted by molar-refractivity contribution is 0.0602. The van der Waals surface area contributed by atoms with Gasteiger partial charge in [-0.1, -0.05) is 41.9 Å². The molecule has 5 nitrogen and oxygen atoms in total. The maximum atomic E-state index is 12.7. The third kappa shape index (κ3) is 3.10. The number of methoxy groups -OCH3 is 1. The number of halogens is 1. The maximum Gasteiger partial charge on any atom is 0.340 e. The van der Waals surface area contributed by atoms with Gasteiger partial charge in [0.1, 0.15) is 5.75 Å². The molecular formula is C19H16ClNO4. The molecule has 1 aromatic heterocycles. The van der Waals surface area contributed by atoms with Crippen LogP contribution >= 0.6 is 11.6 Å². The summed E-state index contributed by atoms with van der Waals surface area (Å²) in [6, 6.07) is 14.1. The van der Waals surface area contributed by atoms with Gasteiger partial charge in [0.05, 0.1) is 23.2 Å². The number of para-hydroxylation sites is 2. The van der Waals surface area contributed by atoms with Gasteiger partial charge < -0.3 is 9.47 Å². The molecule has 0 unspecified atom stereocenters. The van der Waals surface area contributed by atoms with Gasteiger partial charge in [-0.3, -0.25) is 9.36 Å². The van der Waals surface area contributed by atoms with Crippen molar-refractivity contribution in [1.82, 2.24) is 4.57 Å². The van der Waals surface area contributed by atoms with Crippen molar-refractivity contribution >= 4 is 34.4 Å². The zero-order valence-corrected chi connectivity index (χ0v) is 14.5. The summed E-state index contributed by atoms with van der Waals surface area (Å²) in [6.07, 6.45) is 0. The van der Waals surface area contributed by atoms with E-state index in [0.29, 0.717) is 32.9 Å². The average molecular weight is 358 g/mol. The van der Waals surface area contributed by atoms with Crippen LogP contribution < -0.4 is 4.74 Å². The number of rotatable bonds is 4. The van der Waals surface area contributed by atoms with Crippen LogP contribution in [0.25, 0.3) is 10.9 Å². The summed E-state index contributed by atoms with van der Waals surface area (Å²) in [5.74, 6) is -0.351. The Bertz CT molecular complexity index is 961. The molecule has 0 N–H and O–H groups in total. The van der Waals surface area contributed by atoms with E-state index in [1.54, 1.807) is 43.3 Å². The Hall–Kier alpha value is -2.79. The van der Waals surface area contributed by atoms with Gasteiger partial charge in [0, 0.05) is 11.1 Å². The Morgan fingerprint density at radius 3 is 2.48 bits per heavy atom. The number of nitrogens with zero attached hydrogens (tertiary/aromatic N) is 1. The van der Waals surface area contributed by atoms with E-state index in [9.17, 15) is 9.59 Å². The summed E-state index contributed by atoms with van der Waals surface area (Å²) in [6.45, 7) is 1.50. The highest BCUT2D eigenvalue weighted by molar-refractivity contribution is 6.32. The smallest absolute Gasteiger partial charge is 0.340 e. The monoisotopic (exact) mass is 357 g/mol. The van der Waals surface area contributed by atoms with Gasteiger partial charge in [-0.05, 0) is 25.1 Å². The SMILES string of the molecule is COC(=O)c1c(C)n(C(=O)COc2ccccc2Cl)c2ccccc12. The number of hydrogen-bond acceptors (Lipinski definition) is 4. The van der Waals surface area contributed by atoms with Gasteiger partial charge in [-0.25, -0.2) is 4.79 Å². The minimum Gasteiger partial charge on any atom is -0.482 e. The largest absolute Gasteiger partial charge is 0.482 e. The summed E-state index contributed by atoms with van der Waals surface area (Å²) in [5.41, 5.74) is 1.53. The molecule has 0 fully saturated rings. The minimum absolute atomic E-state index is 0.205. The zero-order chi connectivity index (χ0) is 18.0. The normalized spacial score (nSPS) is 10.7. The van der Waals surface area contributed by atoms with E-state index < -0.39 is 5.97 Å². The van der Waals surface area contributed by atoms with Crippen LogP contribution in [0.4, 0.5) is 0 Å². The second-order valence-electron chi connectivity index (χ2n) is 5.42. The molecule has 2 aromatic carbocycles. The van der Waals surface area contributed by atoms with Crippen LogP contribution in [0.1, 0.15) is 20.8 Å². The number of hydrogen-bond donors (Lipinski definition) is 0. The van der Waals surface area contributed by atoms with Gasteiger partial charge >= 0.3 is 5.97 Å². The molecule has 0 bridgehead atoms. The molecule has 0 saturated heterocycles. The number of carbonyl (C=O) groups excluding carboxylic acids is 2. The first-order valence-electron chi connectivity index (χ1n) is 7.63. The van der Waals surface area contributed by atoms with Crippen molar-refractivity contribution in [2.24, 2.45) is 0 Å². The summed E-state index contributed by atoms with van der Waals surface area (Å²) in [5, 5.41) is 1.09. The second-order valence-corrected chi connectivity index (χ2v) is 5.82. The third-order valence-corrected chi connectivity index (χ3v) is 4.25. The van der Waals surface area contributed by atoms with Gasteiger partial charge in [-0.2, -0.15) is 0 Å². The van der Waals surface area contributed by atoms with Gasteiger partial charge in [-0.15, -0.1) is 0 Å². The van der Waals surface area contributed by atoms with Crippen LogP contribution in [0.3, 0.4) is 0 Å². The number of fused-ring (bicyclic) bond motifs is 1. The van der Waals surface area contributed by atoms with Crippen LogP contribution in [0.15, 0.2) is 48.5 Å². The molecule has 0 radical (unpaired) electrons. The van der Waals surface area contributed by atoms with E-state index in [4.69, 9.17) is 21.1 Å². The first kappa shape index (κ1) is 17.0. The first-order valence-corrected chi connectivity index (χ1v) is 8.01. The summed E-state index contributed by atoms with van der Waals surface area (Å²) >= 11 is 6.04. The first-order chi connectivity index (χ1) is 12.0. The van der Waals surface area contributed by atoms with Crippen molar-refractivity contribution in [3.8, 4) is 5.75 Å². The minimum atomic E-state index is -0.479. The summed E-state index contributed by atoms with van der Waals surface area (Å²) < 4.78 is 11.9. The average Bonchev–Trinajstić information content (AvgIpc) is 2.92. The second kappa shape index (κ2) is 6.99. The molecule has 0 aliphatic heterocycles. The molecule has 6 heteroatoms. The topological polar surface area (TPSA) is 57.5 Å². The predicted octanol–water partition coefficient (Wildman–Crippen LogP) is 4.11. The van der Waals surface area contributed by atoms with E-state index in [2.05, 4.69) is 0 Å². The Labute approximate surface area is 149 Å². The van der Waals surface area contributed by atoms with Crippen molar-refractivity contribution in [3.63, 3.8) is 0 Å². The lowest BCUT2D eigenvalue weighted by Crippen LogP contribution is -2.21. The van der Waals surface area contributed by atoms with E-state index in [-0.39, 0.29) is 12.5 Å². The van der Waals surface area contributed by atoms with Crippen molar-refractivity contribution < 1.29 is 19.1 Å². The Morgan fingerprint density at radius 2 is 1.76 bits per heavy atom. The molecule has 128 valence electrons. The molecule has 25 heavy (non-hydrogen) atoms. The highest BCUT2D eigenvalue weighted by Gasteiger charge is 2.23. The quantitative estimate of drug-likeness (QED) is 0.659. The van der Waals surface area contributed by atoms with Crippen LogP contribution in [0.5, 0.6) is 5.75 Å². The highest BCUT2D eigenvalue weighted by atomic mass is 35.5. The fraction of sp³-hybridized carbons (Fsp3) is 0.158. The number of ether oxygens (including phenoxy) is 2. The number of esters is 1. The summed E-state index contributed by atoms with van der Waals surface area (Å²) in [4.78, 5) is 24.8. The molecular weight excluding hydrogens is 342 g/mol. The van der Waals surface area contributed by atoms with Crippen LogP contribution in [-0.2, 0) is 4.74 Å². The predicted molar refractivity (Wildman–Crippen MR) is 95.6 cm³/mol. The maximum absolute atomic E-state index is 12.7. The molecule has 0 atom stereocenters. The molecule has 1 heterocycles. The van der Waals surface area contributed by atoms with E-state index in [0.717, 1.165) is 0 Å². The third-order valence-electron chi connectivity index (χ3n) is 3.94. The highest BCUT2D eigenvalue weighted by Crippen LogP contribution is 2.27. The summed E-state index contributed by atoms with van der Waals surface area (Å²) in [7, 11) is 1.32. The lowest BCUT2D eigenvalue weighted by Gasteiger charge is -2.10. The van der Waals surface area contributed by atoms with Crippen molar-refractivity contribution in [3.05, 3.63) is 64.8 Å². The van der Waals surface area contributed by atoms with Crippen molar-refractivity contribution in [1.29, 1.82) is 0 Å². The van der Waals surface area contributed by atoms with Crippen molar-refractivity contribution in [2.45, 2.75) is 6.92 Å². The number of benzene rings is 2. The molecule has 3 rings (SSSR count).